The zero-order valence-electron chi connectivity index (χ0n) is 10.6. The molecule has 0 aliphatic carbocycles. The lowest BCUT2D eigenvalue weighted by Crippen LogP contribution is -2.43. The largest absolute Gasteiger partial charge is 0.299 e. The summed E-state index contributed by atoms with van der Waals surface area (Å²) in [5, 5.41) is 0. The first-order valence-corrected chi connectivity index (χ1v) is 7.55. The number of benzene rings is 1. The minimum atomic E-state index is -3.69. The van der Waals surface area contributed by atoms with Crippen LogP contribution in [0.15, 0.2) is 16.6 Å². The zero-order valence-corrected chi connectivity index (χ0v) is 13.0. The fourth-order valence-corrected chi connectivity index (χ4v) is 3.04. The Morgan fingerprint density at radius 1 is 1.28 bits per heavy atom. The molecule has 1 rings (SSSR count). The summed E-state index contributed by atoms with van der Waals surface area (Å²) in [5.74, 6) is -0.431. The molecule has 0 unspecified atom stereocenters. The lowest BCUT2D eigenvalue weighted by Gasteiger charge is -2.21. The van der Waals surface area contributed by atoms with Crippen molar-refractivity contribution in [1.29, 1.82) is 0 Å². The molecule has 0 spiro atoms. The van der Waals surface area contributed by atoms with E-state index in [0.717, 1.165) is 0 Å². The van der Waals surface area contributed by atoms with Crippen LogP contribution in [0, 0.1) is 12.7 Å². The predicted molar refractivity (Wildman–Crippen MR) is 74.3 cm³/mol. The first-order valence-electron chi connectivity index (χ1n) is 5.27. The van der Waals surface area contributed by atoms with Crippen LogP contribution in [0.25, 0.3) is 0 Å². The van der Waals surface area contributed by atoms with Crippen LogP contribution in [0.3, 0.4) is 0 Å². The van der Waals surface area contributed by atoms with Gasteiger partial charge in [-0.25, -0.2) is 4.39 Å². The molecule has 0 aromatic heterocycles. The standard InChI is InChI=1S/C11H16BrFN2O2S/c1-7-5-9(13)8(12)6-10(7)14-18(16,17)15-11(2,3)4/h5-6,14-15H,1-4H3. The van der Waals surface area contributed by atoms with Crippen LogP contribution >= 0.6 is 15.9 Å². The van der Waals surface area contributed by atoms with E-state index >= 15 is 0 Å². The molecule has 18 heavy (non-hydrogen) atoms. The van der Waals surface area contributed by atoms with Crippen LogP contribution in [0.2, 0.25) is 0 Å². The maximum absolute atomic E-state index is 13.2. The van der Waals surface area contributed by atoms with Gasteiger partial charge in [0.15, 0.2) is 0 Å². The Labute approximate surface area is 115 Å². The molecule has 0 aliphatic rings. The maximum Gasteiger partial charge on any atom is 0.299 e. The summed E-state index contributed by atoms with van der Waals surface area (Å²) in [7, 11) is -3.69. The minimum absolute atomic E-state index is 0.210. The average Bonchev–Trinajstić information content (AvgIpc) is 2.09. The Morgan fingerprint density at radius 2 is 1.83 bits per heavy atom. The van der Waals surface area contributed by atoms with Gasteiger partial charge >= 0.3 is 0 Å². The second-order valence-corrected chi connectivity index (χ2v) is 7.31. The minimum Gasteiger partial charge on any atom is -0.271 e. The normalized spacial score (nSPS) is 12.6. The summed E-state index contributed by atoms with van der Waals surface area (Å²) < 4.78 is 41.9. The van der Waals surface area contributed by atoms with E-state index in [0.29, 0.717) is 11.3 Å². The molecule has 0 amide bonds. The molecule has 0 saturated heterocycles. The second-order valence-electron chi connectivity index (χ2n) is 5.04. The molecule has 0 aliphatic heterocycles. The van der Waals surface area contributed by atoms with Crippen molar-refractivity contribution in [3.8, 4) is 0 Å². The summed E-state index contributed by atoms with van der Waals surface area (Å²) in [6.07, 6.45) is 0. The number of anilines is 1. The van der Waals surface area contributed by atoms with E-state index in [1.165, 1.54) is 12.1 Å². The number of hydrogen-bond acceptors (Lipinski definition) is 2. The Kier molecular flexibility index (Phi) is 4.40. The molecule has 1 aromatic rings. The summed E-state index contributed by atoms with van der Waals surface area (Å²) in [6, 6.07) is 2.66. The van der Waals surface area contributed by atoms with Gasteiger partial charge in [-0.2, -0.15) is 13.1 Å². The third-order valence-electron chi connectivity index (χ3n) is 1.95. The van der Waals surface area contributed by atoms with Gasteiger partial charge in [0.25, 0.3) is 10.2 Å². The van der Waals surface area contributed by atoms with Crippen molar-refractivity contribution < 1.29 is 12.8 Å². The molecule has 4 nitrogen and oxygen atoms in total. The highest BCUT2D eigenvalue weighted by Gasteiger charge is 2.20. The fourth-order valence-electron chi connectivity index (χ4n) is 1.33. The SMILES string of the molecule is Cc1cc(F)c(Br)cc1NS(=O)(=O)NC(C)(C)C. The molecule has 0 saturated carbocycles. The monoisotopic (exact) mass is 338 g/mol. The number of rotatable bonds is 3. The van der Waals surface area contributed by atoms with Crippen LogP contribution in [-0.4, -0.2) is 14.0 Å². The third kappa shape index (κ3) is 4.55. The molecule has 1 aromatic carbocycles. The van der Waals surface area contributed by atoms with Gasteiger partial charge in [-0.15, -0.1) is 0 Å². The molecule has 7 heteroatoms. The van der Waals surface area contributed by atoms with Crippen LogP contribution in [0.5, 0.6) is 0 Å². The molecule has 0 heterocycles. The van der Waals surface area contributed by atoms with Crippen molar-refractivity contribution in [3.05, 3.63) is 28.0 Å². The smallest absolute Gasteiger partial charge is 0.271 e. The van der Waals surface area contributed by atoms with Gasteiger partial charge in [0.2, 0.25) is 0 Å². The number of halogens is 2. The van der Waals surface area contributed by atoms with E-state index in [-0.39, 0.29) is 4.47 Å². The van der Waals surface area contributed by atoms with Crippen molar-refractivity contribution >= 4 is 31.8 Å². The van der Waals surface area contributed by atoms with Crippen LogP contribution in [0.1, 0.15) is 26.3 Å². The topological polar surface area (TPSA) is 58.2 Å². The lowest BCUT2D eigenvalue weighted by atomic mass is 10.1. The predicted octanol–water partition coefficient (Wildman–Crippen LogP) is 2.94. The maximum atomic E-state index is 13.2. The molecule has 102 valence electrons. The summed E-state index contributed by atoms with van der Waals surface area (Å²) >= 11 is 3.02. The van der Waals surface area contributed by atoms with E-state index < -0.39 is 21.6 Å². The fraction of sp³-hybridized carbons (Fsp3) is 0.455. The van der Waals surface area contributed by atoms with Crippen LogP contribution < -0.4 is 9.44 Å². The Morgan fingerprint density at radius 3 is 2.33 bits per heavy atom. The van der Waals surface area contributed by atoms with E-state index in [1.54, 1.807) is 27.7 Å². The van der Waals surface area contributed by atoms with Crippen molar-refractivity contribution in [3.63, 3.8) is 0 Å². The molecule has 0 radical (unpaired) electrons. The van der Waals surface area contributed by atoms with Crippen molar-refractivity contribution in [1.82, 2.24) is 4.72 Å². The molecular weight excluding hydrogens is 323 g/mol. The number of nitrogens with one attached hydrogen (secondary N) is 2. The quantitative estimate of drug-likeness (QED) is 0.890. The highest BCUT2D eigenvalue weighted by Crippen LogP contribution is 2.25. The molecular formula is C11H16BrFN2O2S. The lowest BCUT2D eigenvalue weighted by molar-refractivity contribution is 0.494. The van der Waals surface area contributed by atoms with Crippen LogP contribution in [-0.2, 0) is 10.2 Å². The van der Waals surface area contributed by atoms with Crippen molar-refractivity contribution in [2.75, 3.05) is 4.72 Å². The Bertz CT molecular complexity index is 553. The zero-order chi connectivity index (χ0) is 14.1. The summed E-state index contributed by atoms with van der Waals surface area (Å²) in [4.78, 5) is 0. The van der Waals surface area contributed by atoms with Gasteiger partial charge in [-0.05, 0) is 61.3 Å². The Hall–Kier alpha value is -0.660. The molecule has 2 N–H and O–H groups in total. The van der Waals surface area contributed by atoms with Gasteiger partial charge in [0, 0.05) is 5.54 Å². The number of aryl methyl sites for hydroxylation is 1. The average molecular weight is 339 g/mol. The first kappa shape index (κ1) is 15.4. The summed E-state index contributed by atoms with van der Waals surface area (Å²) in [6.45, 7) is 6.84. The van der Waals surface area contributed by atoms with Gasteiger partial charge in [0.05, 0.1) is 10.2 Å². The molecule has 0 bridgehead atoms. The van der Waals surface area contributed by atoms with E-state index in [9.17, 15) is 12.8 Å². The highest BCUT2D eigenvalue weighted by molar-refractivity contribution is 9.10. The van der Waals surface area contributed by atoms with Gasteiger partial charge in [-0.1, -0.05) is 0 Å². The Balaban J connectivity index is 3.02. The molecule has 0 atom stereocenters. The number of hydrogen-bond donors (Lipinski definition) is 2. The third-order valence-corrected chi connectivity index (χ3v) is 3.93. The summed E-state index contributed by atoms with van der Waals surface area (Å²) in [5.41, 5.74) is 0.256. The van der Waals surface area contributed by atoms with Gasteiger partial charge < -0.3 is 0 Å². The van der Waals surface area contributed by atoms with Crippen molar-refractivity contribution in [2.45, 2.75) is 33.2 Å². The van der Waals surface area contributed by atoms with Crippen LogP contribution in [0.4, 0.5) is 10.1 Å². The van der Waals surface area contributed by atoms with Crippen molar-refractivity contribution in [2.24, 2.45) is 0 Å². The molecule has 0 fully saturated rings. The van der Waals surface area contributed by atoms with E-state index in [1.807, 2.05) is 0 Å². The van der Waals surface area contributed by atoms with Gasteiger partial charge in [0.1, 0.15) is 5.82 Å². The highest BCUT2D eigenvalue weighted by atomic mass is 79.9. The van der Waals surface area contributed by atoms with Gasteiger partial charge in [-0.3, -0.25) is 4.72 Å². The van der Waals surface area contributed by atoms with E-state index in [2.05, 4.69) is 25.4 Å². The second kappa shape index (κ2) is 5.14. The van der Waals surface area contributed by atoms with E-state index in [4.69, 9.17) is 0 Å². The first-order chi connectivity index (χ1) is 8.00.